The Labute approximate surface area is 517 Å². The average Bonchev–Trinajstić information content (AvgIpc) is 2.16. The third-order valence-corrected chi connectivity index (χ3v) is 16.0. The van der Waals surface area contributed by atoms with E-state index in [2.05, 4.69) is 274 Å². The Morgan fingerprint density at radius 1 is 0.233 bits per heavy atom. The summed E-state index contributed by atoms with van der Waals surface area (Å²) in [5.74, 6) is 0. The largest absolute Gasteiger partial charge is 3.00 e. The molecule has 4 heteroatoms. The number of rotatable bonds is 13. The molecule has 0 spiro atoms. The third kappa shape index (κ3) is 11.1. The van der Waals surface area contributed by atoms with Crippen LogP contribution in [0.2, 0.25) is 0 Å². The minimum absolute atomic E-state index is 0. The zero-order valence-corrected chi connectivity index (χ0v) is 49.5. The molecule has 0 aliphatic heterocycles. The van der Waals surface area contributed by atoms with E-state index in [1.807, 2.05) is 61.1 Å². The van der Waals surface area contributed by atoms with Crippen LogP contribution < -0.4 is 0 Å². The van der Waals surface area contributed by atoms with Gasteiger partial charge in [0.15, 0.2) is 0 Å². The van der Waals surface area contributed by atoms with Crippen molar-refractivity contribution < 1.29 is 20.1 Å². The van der Waals surface area contributed by atoms with E-state index in [9.17, 15) is 0 Å². The van der Waals surface area contributed by atoms with E-state index >= 15 is 0 Å². The number of aryl methyl sites for hydroxylation is 1. The van der Waals surface area contributed by atoms with Gasteiger partial charge in [-0.2, -0.15) is 0 Å². The van der Waals surface area contributed by atoms with Crippen molar-refractivity contribution in [3.8, 4) is 145 Å². The smallest absolute Gasteiger partial charge is 0.305 e. The van der Waals surface area contributed by atoms with Gasteiger partial charge in [-0.05, 0) is 116 Å². The first-order valence-electron chi connectivity index (χ1n) is 28.7. The summed E-state index contributed by atoms with van der Waals surface area (Å²) in [5, 5.41) is 0. The van der Waals surface area contributed by atoms with Gasteiger partial charge in [0.2, 0.25) is 0 Å². The maximum atomic E-state index is 5.06. The number of hydrogen-bond donors (Lipinski definition) is 0. The molecule has 14 rings (SSSR count). The summed E-state index contributed by atoms with van der Waals surface area (Å²) in [4.78, 5) is 14.5. The van der Waals surface area contributed by atoms with Gasteiger partial charge in [0, 0.05) is 24.2 Å². The molecule has 0 saturated carbocycles. The van der Waals surface area contributed by atoms with E-state index in [1.165, 1.54) is 0 Å². The number of hydrogen-bond acceptors (Lipinski definition) is 3. The molecule has 0 radical (unpaired) electrons. The second kappa shape index (κ2) is 24.8. The molecule has 3 heterocycles. The van der Waals surface area contributed by atoms with Crippen molar-refractivity contribution >= 4 is 0 Å². The molecule has 0 fully saturated rings. The predicted molar refractivity (Wildman–Crippen MR) is 352 cm³/mol. The molecule has 0 N–H and O–H groups in total. The van der Waals surface area contributed by atoms with Gasteiger partial charge in [-0.3, -0.25) is 0 Å². The van der Waals surface area contributed by atoms with Crippen molar-refractivity contribution in [3.05, 3.63) is 334 Å². The van der Waals surface area contributed by atoms with Crippen molar-refractivity contribution in [2.45, 2.75) is 6.92 Å². The van der Waals surface area contributed by atoms with Crippen LogP contribution in [0, 0.1) is 25.1 Å². The molecular weight excluding hydrogens is 1220 g/mol. The summed E-state index contributed by atoms with van der Waals surface area (Å²) in [7, 11) is 0. The van der Waals surface area contributed by atoms with E-state index in [0.717, 1.165) is 151 Å². The number of benzene rings is 11. The Morgan fingerprint density at radius 2 is 0.535 bits per heavy atom. The molecule has 0 aliphatic carbocycles. The summed E-state index contributed by atoms with van der Waals surface area (Å²) in [6.45, 7) is 2.16. The van der Waals surface area contributed by atoms with Crippen LogP contribution in [-0.4, -0.2) is 15.0 Å². The van der Waals surface area contributed by atoms with E-state index in [-0.39, 0.29) is 20.1 Å². The summed E-state index contributed by atoms with van der Waals surface area (Å²) in [6.07, 6.45) is 5.68. The molecule has 11 aromatic carbocycles. The fourth-order valence-electron chi connectivity index (χ4n) is 11.8. The first-order chi connectivity index (χ1) is 42.1. The SMILES string of the molecule is Cc1cc(-c2[c-]cc(-c3ccccc3-c3cc(-c4ccccc4-c4c[c-]c(-c5ccccn5)cc4-c4ccccc4)cc(-c4ccccc4-c4c[c-]c(-c5ccccn5)cc4-c4ccccc4)c3)c(-c3ccccc3)c2)ncc1-c1ccccc1.[Ir+3]. The first-order valence-corrected chi connectivity index (χ1v) is 28.7. The van der Waals surface area contributed by atoms with E-state index in [4.69, 9.17) is 15.0 Å². The minimum Gasteiger partial charge on any atom is -0.305 e. The van der Waals surface area contributed by atoms with Crippen molar-refractivity contribution in [2.75, 3.05) is 0 Å². The van der Waals surface area contributed by atoms with Crippen molar-refractivity contribution in [1.82, 2.24) is 15.0 Å². The van der Waals surface area contributed by atoms with Crippen LogP contribution in [0.1, 0.15) is 5.56 Å². The summed E-state index contributed by atoms with van der Waals surface area (Å²) < 4.78 is 0. The molecular formula is C82H54IrN3. The van der Waals surface area contributed by atoms with Crippen LogP contribution in [-0.2, 0) is 20.1 Å². The van der Waals surface area contributed by atoms with E-state index in [0.29, 0.717) is 0 Å². The summed E-state index contributed by atoms with van der Waals surface area (Å²) >= 11 is 0. The molecule has 0 bridgehead atoms. The molecule has 0 saturated heterocycles. The summed E-state index contributed by atoms with van der Waals surface area (Å²) in [6, 6.07) is 115. The average molecular weight is 1270 g/mol. The van der Waals surface area contributed by atoms with Crippen LogP contribution in [0.3, 0.4) is 0 Å². The van der Waals surface area contributed by atoms with Gasteiger partial charge in [-0.1, -0.05) is 275 Å². The van der Waals surface area contributed by atoms with Crippen molar-refractivity contribution in [2.24, 2.45) is 0 Å². The van der Waals surface area contributed by atoms with Gasteiger partial charge in [0.1, 0.15) is 0 Å². The third-order valence-electron chi connectivity index (χ3n) is 16.0. The minimum atomic E-state index is 0. The van der Waals surface area contributed by atoms with Crippen molar-refractivity contribution in [1.29, 1.82) is 0 Å². The molecule has 14 aromatic rings. The quantitative estimate of drug-likeness (QED) is 0.108. The maximum absolute atomic E-state index is 5.06. The van der Waals surface area contributed by atoms with Crippen LogP contribution in [0.15, 0.2) is 310 Å². The maximum Gasteiger partial charge on any atom is 3.00 e. The molecule has 0 unspecified atom stereocenters. The normalized spacial score (nSPS) is 11.0. The Balaban J connectivity index is 0.00000686. The fraction of sp³-hybridized carbons (Fsp3) is 0.0122. The molecule has 86 heavy (non-hydrogen) atoms. The van der Waals surface area contributed by atoms with Gasteiger partial charge in [0.05, 0.1) is 0 Å². The molecule has 0 aliphatic rings. The predicted octanol–water partition coefficient (Wildman–Crippen LogP) is 21.2. The molecule has 0 amide bonds. The monoisotopic (exact) mass is 1270 g/mol. The Kier molecular flexibility index (Phi) is 15.8. The molecule has 3 nitrogen and oxygen atoms in total. The molecule has 0 atom stereocenters. The van der Waals surface area contributed by atoms with Crippen LogP contribution in [0.5, 0.6) is 0 Å². The van der Waals surface area contributed by atoms with Gasteiger partial charge in [-0.15, -0.1) is 71.3 Å². The van der Waals surface area contributed by atoms with Crippen LogP contribution in [0.25, 0.3) is 145 Å². The first kappa shape index (κ1) is 54.8. The molecule has 3 aromatic heterocycles. The second-order valence-corrected chi connectivity index (χ2v) is 21.2. The van der Waals surface area contributed by atoms with Gasteiger partial charge in [0.25, 0.3) is 0 Å². The van der Waals surface area contributed by atoms with Crippen molar-refractivity contribution in [3.63, 3.8) is 0 Å². The van der Waals surface area contributed by atoms with E-state index < -0.39 is 0 Å². The van der Waals surface area contributed by atoms with Gasteiger partial charge >= 0.3 is 20.1 Å². The Bertz CT molecular complexity index is 4500. The van der Waals surface area contributed by atoms with Gasteiger partial charge in [-0.25, -0.2) is 0 Å². The van der Waals surface area contributed by atoms with Crippen LogP contribution in [0.4, 0.5) is 0 Å². The Hall–Kier alpha value is -10.5. The van der Waals surface area contributed by atoms with Crippen LogP contribution >= 0.6 is 0 Å². The molecule has 406 valence electrons. The van der Waals surface area contributed by atoms with E-state index in [1.54, 1.807) is 0 Å². The standard InChI is InChI=1S/C82H54N3.Ir/c1-56-48-82(85-55-79(56)60-30-12-5-13-31-60)63-42-45-75(78(54-63)59-28-10-4-11-29-59)72-37-19-16-34-69(72)66-50-64(67-32-14-17-35-70(67)73-43-40-61(80-38-20-22-46-83-80)52-76(73)57-24-6-2-7-25-57)49-65(51-66)68-33-15-18-36-71(68)74-44-41-62(81-39-21-23-47-84-81)53-77(74)58-26-8-3-9-27-58;/h2-39,43-55H,1H3;/q-3;+3. The number of pyridine rings is 3. The Morgan fingerprint density at radius 3 is 0.860 bits per heavy atom. The summed E-state index contributed by atoms with van der Waals surface area (Å²) in [5.41, 5.74) is 28.5. The number of nitrogens with zero attached hydrogens (tertiary/aromatic N) is 3. The fourth-order valence-corrected chi connectivity index (χ4v) is 11.8. The number of aromatic nitrogens is 3. The zero-order valence-electron chi connectivity index (χ0n) is 47.1. The second-order valence-electron chi connectivity index (χ2n) is 21.2. The zero-order chi connectivity index (χ0) is 56.9. The topological polar surface area (TPSA) is 38.7 Å². The van der Waals surface area contributed by atoms with Gasteiger partial charge < -0.3 is 15.0 Å².